The molecule has 2 aromatic carbocycles. The lowest BCUT2D eigenvalue weighted by molar-refractivity contribution is 0.301. The third kappa shape index (κ3) is 4.44. The fourth-order valence-electron chi connectivity index (χ4n) is 5.42. The van der Waals surface area contributed by atoms with Crippen LogP contribution in [0, 0.1) is 0 Å². The molecule has 0 saturated carbocycles. The molecule has 10 heteroatoms. The highest BCUT2D eigenvalue weighted by Crippen LogP contribution is 2.46. The Morgan fingerprint density at radius 1 is 0.846 bits per heavy atom. The molecule has 0 amide bonds. The first-order valence-electron chi connectivity index (χ1n) is 12.8. The Bertz CT molecular complexity index is 1730. The van der Waals surface area contributed by atoms with Crippen molar-refractivity contribution in [3.63, 3.8) is 0 Å². The molecule has 0 aliphatic carbocycles. The second kappa shape index (κ2) is 10.6. The second-order valence-electron chi connectivity index (χ2n) is 9.39. The van der Waals surface area contributed by atoms with Crippen LogP contribution >= 0.6 is 57.8 Å². The predicted molar refractivity (Wildman–Crippen MR) is 173 cm³/mol. The zero-order valence-electron chi connectivity index (χ0n) is 21.2. The van der Waals surface area contributed by atoms with Crippen LogP contribution in [-0.2, 0) is 0 Å². The van der Waals surface area contributed by atoms with Gasteiger partial charge in [0.25, 0.3) is 0 Å². The first-order chi connectivity index (χ1) is 19.1. The molecule has 39 heavy (non-hydrogen) atoms. The number of aliphatic hydroxyl groups is 1. The zero-order chi connectivity index (χ0) is 26.5. The second-order valence-corrected chi connectivity index (χ2v) is 13.9. The van der Waals surface area contributed by atoms with E-state index in [9.17, 15) is 5.11 Å². The Morgan fingerprint density at radius 2 is 1.56 bits per heavy atom. The summed E-state index contributed by atoms with van der Waals surface area (Å²) >= 11 is 13.3. The van der Waals surface area contributed by atoms with Crippen molar-refractivity contribution in [2.24, 2.45) is 9.98 Å². The van der Waals surface area contributed by atoms with Crippen molar-refractivity contribution in [2.45, 2.75) is 13.3 Å². The van der Waals surface area contributed by atoms with E-state index in [4.69, 9.17) is 11.6 Å². The number of aliphatic imine (C=N–C) groups is 2. The largest absolute Gasteiger partial charge is 0.396 e. The number of amidine groups is 2. The number of fused-ring (bicyclic) bond motifs is 4. The molecule has 0 unspecified atom stereocenters. The van der Waals surface area contributed by atoms with Crippen molar-refractivity contribution in [1.29, 1.82) is 0 Å². The van der Waals surface area contributed by atoms with Gasteiger partial charge in [-0.15, -0.1) is 22.7 Å². The Morgan fingerprint density at radius 3 is 2.38 bits per heavy atom. The number of thiophene rings is 2. The molecule has 0 bridgehead atoms. The Labute approximate surface area is 248 Å². The van der Waals surface area contributed by atoms with Crippen LogP contribution in [0.4, 0.5) is 0 Å². The molecule has 2 aromatic heterocycles. The maximum absolute atomic E-state index is 9.32. The van der Waals surface area contributed by atoms with Crippen LogP contribution in [0.5, 0.6) is 0 Å². The van der Waals surface area contributed by atoms with Gasteiger partial charge < -0.3 is 14.9 Å². The lowest BCUT2D eigenvalue weighted by Gasteiger charge is -2.18. The van der Waals surface area contributed by atoms with Gasteiger partial charge in [0.05, 0.1) is 24.5 Å². The predicted octanol–water partition coefficient (Wildman–Crippen LogP) is 8.03. The van der Waals surface area contributed by atoms with E-state index >= 15 is 0 Å². The van der Waals surface area contributed by atoms with Gasteiger partial charge in [-0.2, -0.15) is 0 Å². The van der Waals surface area contributed by atoms with E-state index in [0.29, 0.717) is 6.42 Å². The summed E-state index contributed by atoms with van der Waals surface area (Å²) < 4.78 is 2.60. The Balaban J connectivity index is 0.000000130. The zero-order valence-corrected chi connectivity index (χ0v) is 25.2. The molecule has 4 aliphatic rings. The lowest BCUT2D eigenvalue weighted by atomic mass is 10.1. The summed E-state index contributed by atoms with van der Waals surface area (Å²) in [5.41, 5.74) is 5.13. The molecule has 0 radical (unpaired) electrons. The number of allylic oxidation sites excluding steroid dienone is 1. The van der Waals surface area contributed by atoms with Crippen molar-refractivity contribution in [3.8, 4) is 0 Å². The van der Waals surface area contributed by atoms with Crippen LogP contribution in [0.25, 0.3) is 31.6 Å². The summed E-state index contributed by atoms with van der Waals surface area (Å²) in [6.45, 7) is 6.08. The molecular weight excluding hydrogens is 584 g/mol. The van der Waals surface area contributed by atoms with Crippen LogP contribution in [0.2, 0.25) is 5.02 Å². The lowest BCUT2D eigenvalue weighted by Crippen LogP contribution is -2.20. The van der Waals surface area contributed by atoms with Gasteiger partial charge in [-0.05, 0) is 47.3 Å². The van der Waals surface area contributed by atoms with Gasteiger partial charge in [0, 0.05) is 66.9 Å². The van der Waals surface area contributed by atoms with E-state index in [1.54, 1.807) is 46.2 Å². The first-order valence-corrected chi connectivity index (χ1v) is 16.6. The maximum atomic E-state index is 9.32. The van der Waals surface area contributed by atoms with Gasteiger partial charge in [-0.1, -0.05) is 53.3 Å². The number of thioether (sulfide) groups is 2. The number of rotatable bonds is 4. The van der Waals surface area contributed by atoms with Crippen molar-refractivity contribution in [1.82, 2.24) is 9.80 Å². The summed E-state index contributed by atoms with van der Waals surface area (Å²) in [4.78, 5) is 16.3. The minimum atomic E-state index is 0.188. The van der Waals surface area contributed by atoms with E-state index in [2.05, 4.69) is 73.9 Å². The normalized spacial score (nSPS) is 18.2. The molecule has 4 aliphatic heterocycles. The fourth-order valence-corrected chi connectivity index (χ4v) is 9.77. The number of hydrogen-bond donors (Lipinski definition) is 1. The van der Waals surface area contributed by atoms with E-state index in [0.717, 1.165) is 46.9 Å². The fraction of sp³-hybridized carbons (Fsp3) is 0.241. The summed E-state index contributed by atoms with van der Waals surface area (Å²) in [5.74, 6) is 0. The van der Waals surface area contributed by atoms with E-state index in [-0.39, 0.29) is 6.61 Å². The van der Waals surface area contributed by atoms with E-state index in [1.807, 2.05) is 6.07 Å². The molecule has 198 valence electrons. The van der Waals surface area contributed by atoms with E-state index < -0.39 is 0 Å². The summed E-state index contributed by atoms with van der Waals surface area (Å²) in [6, 6.07) is 14.9. The molecule has 0 atom stereocenters. The average Bonchev–Trinajstić information content (AvgIpc) is 3.75. The highest BCUT2D eigenvalue weighted by molar-refractivity contribution is 8.18. The molecule has 0 spiro atoms. The van der Waals surface area contributed by atoms with Gasteiger partial charge >= 0.3 is 0 Å². The quantitative estimate of drug-likeness (QED) is 0.254. The van der Waals surface area contributed by atoms with Crippen molar-refractivity contribution in [2.75, 3.05) is 32.8 Å². The highest BCUT2D eigenvalue weighted by atomic mass is 35.5. The van der Waals surface area contributed by atoms with Crippen molar-refractivity contribution < 1.29 is 5.11 Å². The van der Waals surface area contributed by atoms with Gasteiger partial charge in [-0.3, -0.25) is 9.98 Å². The number of benzene rings is 2. The molecular formula is C29H25ClN4OS4. The maximum Gasteiger partial charge on any atom is 0.168 e. The molecule has 0 fully saturated rings. The SMILES string of the molecule is CC1=C(c2ccc(Cl)c3ccsc23)N2CCN=C2S1.OCCC1=C(c2cccc3ccsc23)N2CCN=C2S1. The molecule has 4 aromatic rings. The molecule has 1 N–H and O–H groups in total. The third-order valence-electron chi connectivity index (χ3n) is 7.09. The summed E-state index contributed by atoms with van der Waals surface area (Å²) in [5, 5.41) is 19.1. The monoisotopic (exact) mass is 608 g/mol. The number of nitrogens with zero attached hydrogens (tertiary/aromatic N) is 4. The van der Waals surface area contributed by atoms with Crippen molar-refractivity contribution in [3.05, 3.63) is 79.2 Å². The molecule has 6 heterocycles. The van der Waals surface area contributed by atoms with Crippen LogP contribution in [-0.4, -0.2) is 58.0 Å². The van der Waals surface area contributed by atoms with Gasteiger partial charge in [-0.25, -0.2) is 0 Å². The number of halogens is 1. The van der Waals surface area contributed by atoms with Gasteiger partial charge in [0.1, 0.15) is 0 Å². The summed E-state index contributed by atoms with van der Waals surface area (Å²) in [6.07, 6.45) is 0.706. The van der Waals surface area contributed by atoms with Gasteiger partial charge in [0.15, 0.2) is 10.3 Å². The van der Waals surface area contributed by atoms with Crippen LogP contribution in [0.3, 0.4) is 0 Å². The number of hydrogen-bond acceptors (Lipinski definition) is 9. The van der Waals surface area contributed by atoms with Crippen LogP contribution < -0.4 is 0 Å². The third-order valence-corrected chi connectivity index (χ3v) is 11.5. The smallest absolute Gasteiger partial charge is 0.168 e. The Kier molecular flexibility index (Phi) is 6.99. The standard InChI is InChI=1S/C15H14N2OS2.C14H11ClN2S2/c18-8-4-12-13(17-7-6-16-15(17)20-12)11-3-1-2-10-5-9-19-14(10)11;1-8-12(17-6-5-16-14(17)19-8)10-2-3-11(15)9-4-7-18-13(9)10/h1-3,5,9,18H,4,6-8H2;2-4,7H,5-6H2,1H3. The topological polar surface area (TPSA) is 51.4 Å². The summed E-state index contributed by atoms with van der Waals surface area (Å²) in [7, 11) is 0. The molecule has 8 rings (SSSR count). The molecule has 5 nitrogen and oxygen atoms in total. The van der Waals surface area contributed by atoms with Gasteiger partial charge in [0.2, 0.25) is 0 Å². The molecule has 0 saturated heterocycles. The van der Waals surface area contributed by atoms with E-state index in [1.165, 1.54) is 47.1 Å². The highest BCUT2D eigenvalue weighted by Gasteiger charge is 2.34. The minimum Gasteiger partial charge on any atom is -0.396 e. The minimum absolute atomic E-state index is 0.188. The number of aliphatic hydroxyl groups excluding tert-OH is 1. The van der Waals surface area contributed by atoms with Crippen LogP contribution in [0.1, 0.15) is 24.5 Å². The average molecular weight is 609 g/mol. The first kappa shape index (κ1) is 25.7. The van der Waals surface area contributed by atoms with Crippen LogP contribution in [0.15, 0.2) is 73.0 Å². The van der Waals surface area contributed by atoms with Crippen molar-refractivity contribution >= 4 is 99.7 Å². The Hall–Kier alpha value is -2.27.